The number of nitriles is 1. The van der Waals surface area contributed by atoms with Gasteiger partial charge in [-0.15, -0.1) is 0 Å². The number of ether oxygens (including phenoxy) is 1. The van der Waals surface area contributed by atoms with Gasteiger partial charge in [-0.3, -0.25) is 0 Å². The van der Waals surface area contributed by atoms with Gasteiger partial charge in [0.2, 0.25) is 0 Å². The molecule has 0 aromatic carbocycles. The molecule has 0 aromatic heterocycles. The molecule has 64 valence electrons. The van der Waals surface area contributed by atoms with Crippen LogP contribution in [0.2, 0.25) is 0 Å². The van der Waals surface area contributed by atoms with Crippen molar-refractivity contribution in [2.45, 2.75) is 32.3 Å². The van der Waals surface area contributed by atoms with Crippen LogP contribution in [0.25, 0.3) is 0 Å². The van der Waals surface area contributed by atoms with Crippen molar-refractivity contribution in [1.29, 1.82) is 5.26 Å². The summed E-state index contributed by atoms with van der Waals surface area (Å²) in [5.41, 5.74) is 0. The summed E-state index contributed by atoms with van der Waals surface area (Å²) in [6.45, 7) is 2.62. The molecular weight excluding hydrogens is 142 g/mol. The Morgan fingerprint density at radius 1 is 1.64 bits per heavy atom. The highest BCUT2D eigenvalue weighted by molar-refractivity contribution is 4.83. The molecular formula is C8H15NO2. The summed E-state index contributed by atoms with van der Waals surface area (Å²) < 4.78 is 5.15. The Bertz CT molecular complexity index is 120. The van der Waals surface area contributed by atoms with Gasteiger partial charge in [-0.05, 0) is 12.8 Å². The highest BCUT2D eigenvalue weighted by Crippen LogP contribution is 2.00. The van der Waals surface area contributed by atoms with E-state index in [0.29, 0.717) is 13.0 Å². The molecule has 1 N–H and O–H groups in total. The van der Waals surface area contributed by atoms with Crippen molar-refractivity contribution in [3.05, 3.63) is 0 Å². The molecule has 0 fully saturated rings. The van der Waals surface area contributed by atoms with Gasteiger partial charge in [0.1, 0.15) is 6.10 Å². The Morgan fingerprint density at radius 2 is 2.36 bits per heavy atom. The third kappa shape index (κ3) is 5.84. The first-order chi connectivity index (χ1) is 5.35. The second-order valence-electron chi connectivity index (χ2n) is 2.35. The molecule has 3 heteroatoms. The van der Waals surface area contributed by atoms with Crippen LogP contribution in [0, 0.1) is 11.3 Å². The van der Waals surface area contributed by atoms with Crippen molar-refractivity contribution in [3.63, 3.8) is 0 Å². The van der Waals surface area contributed by atoms with Crippen molar-refractivity contribution >= 4 is 0 Å². The van der Waals surface area contributed by atoms with Crippen LogP contribution in [-0.2, 0) is 4.74 Å². The summed E-state index contributed by atoms with van der Waals surface area (Å²) in [5, 5.41) is 16.9. The first-order valence-corrected chi connectivity index (χ1v) is 3.97. The van der Waals surface area contributed by atoms with E-state index in [1.54, 1.807) is 0 Å². The third-order valence-corrected chi connectivity index (χ3v) is 1.32. The van der Waals surface area contributed by atoms with Gasteiger partial charge < -0.3 is 9.84 Å². The van der Waals surface area contributed by atoms with Gasteiger partial charge in [-0.25, -0.2) is 0 Å². The maximum atomic E-state index is 8.52. The SMILES string of the molecule is CCCC(C#N)OCCCO. The molecule has 0 spiro atoms. The fourth-order valence-electron chi connectivity index (χ4n) is 0.737. The lowest BCUT2D eigenvalue weighted by Crippen LogP contribution is -2.11. The lowest BCUT2D eigenvalue weighted by Gasteiger charge is -2.07. The molecule has 0 aliphatic heterocycles. The average Bonchev–Trinajstić information content (AvgIpc) is 2.03. The highest BCUT2D eigenvalue weighted by Gasteiger charge is 2.04. The van der Waals surface area contributed by atoms with Crippen LogP contribution in [0.3, 0.4) is 0 Å². The molecule has 0 saturated heterocycles. The minimum Gasteiger partial charge on any atom is -0.396 e. The second kappa shape index (κ2) is 7.52. The number of nitrogens with zero attached hydrogens (tertiary/aromatic N) is 1. The number of rotatable bonds is 6. The van der Waals surface area contributed by atoms with Gasteiger partial charge in [0.15, 0.2) is 0 Å². The molecule has 0 bridgehead atoms. The molecule has 0 aliphatic carbocycles. The second-order valence-corrected chi connectivity index (χ2v) is 2.35. The fourth-order valence-corrected chi connectivity index (χ4v) is 0.737. The van der Waals surface area contributed by atoms with Crippen LogP contribution in [-0.4, -0.2) is 24.4 Å². The quantitative estimate of drug-likeness (QED) is 0.587. The van der Waals surface area contributed by atoms with Gasteiger partial charge in [0, 0.05) is 6.61 Å². The van der Waals surface area contributed by atoms with E-state index in [1.807, 2.05) is 6.92 Å². The van der Waals surface area contributed by atoms with Gasteiger partial charge in [0.05, 0.1) is 12.7 Å². The summed E-state index contributed by atoms with van der Waals surface area (Å²) in [6.07, 6.45) is 2.06. The van der Waals surface area contributed by atoms with Gasteiger partial charge in [0.25, 0.3) is 0 Å². The summed E-state index contributed by atoms with van der Waals surface area (Å²) in [5.74, 6) is 0. The predicted octanol–water partition coefficient (Wildman–Crippen LogP) is 1.08. The zero-order valence-corrected chi connectivity index (χ0v) is 6.92. The van der Waals surface area contributed by atoms with Gasteiger partial charge in [-0.1, -0.05) is 13.3 Å². The number of hydrogen-bond acceptors (Lipinski definition) is 3. The number of aliphatic hydroxyl groups is 1. The fraction of sp³-hybridized carbons (Fsp3) is 0.875. The normalized spacial score (nSPS) is 12.5. The Labute approximate surface area is 67.6 Å². The van der Waals surface area contributed by atoms with Crippen LogP contribution in [0.4, 0.5) is 0 Å². The van der Waals surface area contributed by atoms with E-state index in [2.05, 4.69) is 6.07 Å². The maximum absolute atomic E-state index is 8.52. The topological polar surface area (TPSA) is 53.2 Å². The van der Waals surface area contributed by atoms with E-state index in [9.17, 15) is 0 Å². The molecule has 11 heavy (non-hydrogen) atoms. The lowest BCUT2D eigenvalue weighted by atomic mass is 10.2. The molecule has 3 nitrogen and oxygen atoms in total. The summed E-state index contributed by atoms with van der Waals surface area (Å²) in [6, 6.07) is 2.06. The zero-order chi connectivity index (χ0) is 8.53. The summed E-state index contributed by atoms with van der Waals surface area (Å²) in [7, 11) is 0. The van der Waals surface area contributed by atoms with E-state index in [0.717, 1.165) is 12.8 Å². The zero-order valence-electron chi connectivity index (χ0n) is 6.92. The Morgan fingerprint density at radius 3 is 2.82 bits per heavy atom. The Hall–Kier alpha value is -0.590. The van der Waals surface area contributed by atoms with Gasteiger partial charge in [-0.2, -0.15) is 5.26 Å². The van der Waals surface area contributed by atoms with E-state index in [4.69, 9.17) is 15.1 Å². The molecule has 0 heterocycles. The first-order valence-electron chi connectivity index (χ1n) is 3.97. The molecule has 0 aliphatic rings. The molecule has 0 saturated carbocycles. The molecule has 0 radical (unpaired) electrons. The maximum Gasteiger partial charge on any atom is 0.143 e. The first kappa shape index (κ1) is 10.4. The monoisotopic (exact) mass is 157 g/mol. The molecule has 1 atom stereocenters. The van der Waals surface area contributed by atoms with Crippen LogP contribution in [0.15, 0.2) is 0 Å². The largest absolute Gasteiger partial charge is 0.396 e. The van der Waals surface area contributed by atoms with Crippen molar-refractivity contribution in [2.24, 2.45) is 0 Å². The average molecular weight is 157 g/mol. The van der Waals surface area contributed by atoms with E-state index in [1.165, 1.54) is 0 Å². The minimum atomic E-state index is -0.286. The van der Waals surface area contributed by atoms with Crippen molar-refractivity contribution < 1.29 is 9.84 Å². The van der Waals surface area contributed by atoms with Crippen LogP contribution in [0.1, 0.15) is 26.2 Å². The highest BCUT2D eigenvalue weighted by atomic mass is 16.5. The van der Waals surface area contributed by atoms with Crippen molar-refractivity contribution in [2.75, 3.05) is 13.2 Å². The molecule has 0 rings (SSSR count). The Kier molecular flexibility index (Phi) is 7.11. The smallest absolute Gasteiger partial charge is 0.143 e. The number of hydrogen-bond donors (Lipinski definition) is 1. The third-order valence-electron chi connectivity index (χ3n) is 1.32. The molecule has 1 unspecified atom stereocenters. The lowest BCUT2D eigenvalue weighted by molar-refractivity contribution is 0.0721. The predicted molar refractivity (Wildman–Crippen MR) is 42.0 cm³/mol. The Balaban J connectivity index is 3.30. The summed E-state index contributed by atoms with van der Waals surface area (Å²) in [4.78, 5) is 0. The van der Waals surface area contributed by atoms with Crippen LogP contribution in [0.5, 0.6) is 0 Å². The van der Waals surface area contributed by atoms with Gasteiger partial charge >= 0.3 is 0 Å². The van der Waals surface area contributed by atoms with Crippen LogP contribution < -0.4 is 0 Å². The molecule has 0 amide bonds. The number of aliphatic hydroxyl groups excluding tert-OH is 1. The minimum absolute atomic E-state index is 0.129. The van der Waals surface area contributed by atoms with Crippen LogP contribution >= 0.6 is 0 Å². The van der Waals surface area contributed by atoms with E-state index < -0.39 is 0 Å². The van der Waals surface area contributed by atoms with E-state index >= 15 is 0 Å². The standard InChI is InChI=1S/C8H15NO2/c1-2-4-8(7-9)11-6-3-5-10/h8,10H,2-6H2,1H3. The van der Waals surface area contributed by atoms with Crippen molar-refractivity contribution in [3.8, 4) is 6.07 Å². The molecule has 0 aromatic rings. The summed E-state index contributed by atoms with van der Waals surface area (Å²) >= 11 is 0. The van der Waals surface area contributed by atoms with Crippen molar-refractivity contribution in [1.82, 2.24) is 0 Å². The van der Waals surface area contributed by atoms with E-state index in [-0.39, 0.29) is 12.7 Å².